The van der Waals surface area contributed by atoms with Crippen molar-refractivity contribution >= 4 is 23.3 Å². The Morgan fingerprint density at radius 1 is 1.31 bits per heavy atom. The molecule has 1 aliphatic carbocycles. The van der Waals surface area contributed by atoms with Gasteiger partial charge in [0.15, 0.2) is 0 Å². The molecule has 0 bridgehead atoms. The van der Waals surface area contributed by atoms with Gasteiger partial charge in [-0.15, -0.1) is 0 Å². The van der Waals surface area contributed by atoms with E-state index in [1.165, 1.54) is 18.4 Å². The van der Waals surface area contributed by atoms with Gasteiger partial charge in [0, 0.05) is 41.0 Å². The fourth-order valence-corrected chi connectivity index (χ4v) is 5.12. The third-order valence-corrected chi connectivity index (χ3v) is 7.29. The number of carbonyl (C=O) groups excluding carboxylic acids is 1. The lowest BCUT2D eigenvalue weighted by atomic mass is 9.83. The van der Waals surface area contributed by atoms with Crippen LogP contribution in [-0.2, 0) is 6.54 Å². The average molecular weight is 457 g/mol. The van der Waals surface area contributed by atoms with Crippen LogP contribution in [0.25, 0.3) is 11.1 Å². The van der Waals surface area contributed by atoms with Crippen LogP contribution in [-0.4, -0.2) is 45.1 Å². The average Bonchev–Trinajstić information content (AvgIpc) is 3.14. The number of pyridine rings is 1. The smallest absolute Gasteiger partial charge is 0.255 e. The van der Waals surface area contributed by atoms with Gasteiger partial charge in [-0.25, -0.2) is 4.98 Å². The van der Waals surface area contributed by atoms with E-state index >= 15 is 0 Å². The van der Waals surface area contributed by atoms with E-state index < -0.39 is 5.60 Å². The van der Waals surface area contributed by atoms with Crippen molar-refractivity contribution in [2.45, 2.75) is 76.6 Å². The Balaban J connectivity index is 1.49. The number of likely N-dealkylation sites (tertiary alicyclic amines) is 1. The van der Waals surface area contributed by atoms with Crippen LogP contribution in [0, 0.1) is 0 Å². The monoisotopic (exact) mass is 456 g/mol. The molecule has 6 nitrogen and oxygen atoms in total. The summed E-state index contributed by atoms with van der Waals surface area (Å²) in [7, 11) is 0. The number of amides is 1. The third-order valence-electron chi connectivity index (χ3n) is 6.98. The maximum absolute atomic E-state index is 12.9. The number of rotatable bonds is 5. The first-order chi connectivity index (χ1) is 15.2. The van der Waals surface area contributed by atoms with Crippen LogP contribution in [0.5, 0.6) is 0 Å². The highest BCUT2D eigenvalue weighted by Crippen LogP contribution is 2.32. The SMILES string of the molecule is CC1CCCN1Cc1ccc(-c2cnc(N)c(C(=O)NC3CCC(C)(O)CC3)c2)c(Cl)c1. The van der Waals surface area contributed by atoms with Crippen molar-refractivity contribution in [3.63, 3.8) is 0 Å². The lowest BCUT2D eigenvalue weighted by Gasteiger charge is -2.33. The summed E-state index contributed by atoms with van der Waals surface area (Å²) in [5.41, 5.74) is 8.53. The van der Waals surface area contributed by atoms with Gasteiger partial charge in [-0.2, -0.15) is 0 Å². The zero-order chi connectivity index (χ0) is 22.9. The maximum Gasteiger partial charge on any atom is 0.255 e. The molecule has 2 aromatic rings. The Bertz CT molecular complexity index is 984. The van der Waals surface area contributed by atoms with E-state index in [2.05, 4.69) is 28.2 Å². The van der Waals surface area contributed by atoms with E-state index in [0.29, 0.717) is 29.5 Å². The lowest BCUT2D eigenvalue weighted by molar-refractivity contribution is 0.0140. The molecule has 32 heavy (non-hydrogen) atoms. The molecule has 2 heterocycles. The third kappa shape index (κ3) is 5.25. The van der Waals surface area contributed by atoms with Gasteiger partial charge >= 0.3 is 0 Å². The summed E-state index contributed by atoms with van der Waals surface area (Å²) in [5.74, 6) is -0.0380. The molecule has 2 fully saturated rings. The summed E-state index contributed by atoms with van der Waals surface area (Å²) in [6.07, 6.45) is 6.98. The topological polar surface area (TPSA) is 91.5 Å². The van der Waals surface area contributed by atoms with Crippen LogP contribution in [0.3, 0.4) is 0 Å². The van der Waals surface area contributed by atoms with E-state index in [0.717, 1.165) is 37.1 Å². The van der Waals surface area contributed by atoms with Gasteiger partial charge in [-0.05, 0) is 76.6 Å². The molecule has 7 heteroatoms. The molecular weight excluding hydrogens is 424 g/mol. The number of nitrogens with one attached hydrogen (secondary N) is 1. The Morgan fingerprint density at radius 3 is 2.72 bits per heavy atom. The van der Waals surface area contributed by atoms with Crippen LogP contribution in [0.15, 0.2) is 30.5 Å². The lowest BCUT2D eigenvalue weighted by Crippen LogP contribution is -2.42. The predicted octanol–water partition coefficient (Wildman–Crippen LogP) is 4.39. The Labute approximate surface area is 195 Å². The zero-order valence-corrected chi connectivity index (χ0v) is 19.7. The summed E-state index contributed by atoms with van der Waals surface area (Å²) in [4.78, 5) is 19.6. The molecule has 1 atom stereocenters. The van der Waals surface area contributed by atoms with Crippen LogP contribution in [0.1, 0.15) is 68.3 Å². The number of hydrogen-bond acceptors (Lipinski definition) is 5. The number of halogens is 1. The van der Waals surface area contributed by atoms with Crippen LogP contribution in [0.2, 0.25) is 5.02 Å². The number of benzene rings is 1. The highest BCUT2D eigenvalue weighted by molar-refractivity contribution is 6.33. The molecule has 4 rings (SSSR count). The quantitative estimate of drug-likeness (QED) is 0.620. The minimum absolute atomic E-state index is 0.0293. The Hall–Kier alpha value is -2.15. The first-order valence-electron chi connectivity index (χ1n) is 11.5. The molecule has 0 radical (unpaired) electrons. The van der Waals surface area contributed by atoms with Crippen molar-refractivity contribution in [1.82, 2.24) is 15.2 Å². The van der Waals surface area contributed by atoms with Crippen molar-refractivity contribution in [2.24, 2.45) is 0 Å². The number of aromatic nitrogens is 1. The van der Waals surface area contributed by atoms with E-state index in [1.54, 1.807) is 12.3 Å². The van der Waals surface area contributed by atoms with Gasteiger partial charge in [0.2, 0.25) is 0 Å². The molecule has 1 saturated carbocycles. The number of anilines is 1. The van der Waals surface area contributed by atoms with Gasteiger partial charge in [-0.3, -0.25) is 9.69 Å². The van der Waals surface area contributed by atoms with Crippen LogP contribution < -0.4 is 11.1 Å². The van der Waals surface area contributed by atoms with Crippen LogP contribution >= 0.6 is 11.6 Å². The molecular formula is C25H33ClN4O2. The Kier molecular flexibility index (Phi) is 6.75. The Morgan fingerprint density at radius 2 is 2.06 bits per heavy atom. The molecule has 2 aliphatic rings. The highest BCUT2D eigenvalue weighted by atomic mass is 35.5. The van der Waals surface area contributed by atoms with Crippen molar-refractivity contribution in [2.75, 3.05) is 12.3 Å². The molecule has 1 saturated heterocycles. The van der Waals surface area contributed by atoms with Crippen molar-refractivity contribution in [1.29, 1.82) is 0 Å². The number of nitrogens with zero attached hydrogens (tertiary/aromatic N) is 2. The summed E-state index contributed by atoms with van der Waals surface area (Å²) in [5, 5.41) is 13.8. The van der Waals surface area contributed by atoms with Gasteiger partial charge in [0.25, 0.3) is 5.91 Å². The largest absolute Gasteiger partial charge is 0.390 e. The number of hydrogen-bond donors (Lipinski definition) is 3. The van der Waals surface area contributed by atoms with Crippen molar-refractivity contribution in [3.8, 4) is 11.1 Å². The van der Waals surface area contributed by atoms with Crippen LogP contribution in [0.4, 0.5) is 5.82 Å². The normalized spacial score (nSPS) is 26.2. The second kappa shape index (κ2) is 9.38. The summed E-state index contributed by atoms with van der Waals surface area (Å²) < 4.78 is 0. The van der Waals surface area contributed by atoms with Gasteiger partial charge in [-0.1, -0.05) is 23.7 Å². The summed E-state index contributed by atoms with van der Waals surface area (Å²) in [6.45, 7) is 6.13. The first kappa shape index (κ1) is 23.0. The van der Waals surface area contributed by atoms with Crippen molar-refractivity contribution < 1.29 is 9.90 Å². The number of carbonyl (C=O) groups is 1. The predicted molar refractivity (Wildman–Crippen MR) is 129 cm³/mol. The number of nitrogens with two attached hydrogens (primary N) is 1. The number of aliphatic hydroxyl groups is 1. The summed E-state index contributed by atoms with van der Waals surface area (Å²) >= 11 is 6.64. The highest BCUT2D eigenvalue weighted by Gasteiger charge is 2.30. The van der Waals surface area contributed by atoms with E-state index in [4.69, 9.17) is 17.3 Å². The van der Waals surface area contributed by atoms with E-state index in [1.807, 2.05) is 19.1 Å². The minimum Gasteiger partial charge on any atom is -0.390 e. The molecule has 1 aliphatic heterocycles. The van der Waals surface area contributed by atoms with Gasteiger partial charge in [0.1, 0.15) is 5.82 Å². The van der Waals surface area contributed by atoms with Crippen molar-refractivity contribution in [3.05, 3.63) is 46.6 Å². The molecule has 172 valence electrons. The second-order valence-electron chi connectivity index (χ2n) is 9.68. The van der Waals surface area contributed by atoms with E-state index in [-0.39, 0.29) is 17.8 Å². The maximum atomic E-state index is 12.9. The molecule has 0 spiro atoms. The minimum atomic E-state index is -0.641. The molecule has 1 unspecified atom stereocenters. The first-order valence-corrected chi connectivity index (χ1v) is 11.9. The van der Waals surface area contributed by atoms with Gasteiger partial charge < -0.3 is 16.2 Å². The molecule has 4 N–H and O–H groups in total. The summed E-state index contributed by atoms with van der Waals surface area (Å²) in [6, 6.07) is 8.49. The molecule has 1 aromatic heterocycles. The van der Waals surface area contributed by atoms with E-state index in [9.17, 15) is 9.90 Å². The second-order valence-corrected chi connectivity index (χ2v) is 10.1. The molecule has 1 aromatic carbocycles. The molecule has 1 amide bonds. The zero-order valence-electron chi connectivity index (χ0n) is 18.9. The standard InChI is InChI=1S/C25H33ClN4O2/c1-16-4-3-11-30(16)15-17-5-6-20(22(26)12-17)18-13-21(23(27)28-14-18)24(31)29-19-7-9-25(2,32)10-8-19/h5-6,12-14,16,19,32H,3-4,7-11,15H2,1-2H3,(H2,27,28)(H,29,31). The fraction of sp³-hybridized carbons (Fsp3) is 0.520. The number of nitrogen functional groups attached to an aromatic ring is 1. The van der Waals surface area contributed by atoms with Gasteiger partial charge in [0.05, 0.1) is 11.2 Å². The fourth-order valence-electron chi connectivity index (χ4n) is 4.80.